The summed E-state index contributed by atoms with van der Waals surface area (Å²) in [6.07, 6.45) is 1.80. The smallest absolute Gasteiger partial charge is 0.265 e. The van der Waals surface area contributed by atoms with Crippen molar-refractivity contribution in [3.63, 3.8) is 0 Å². The van der Waals surface area contributed by atoms with Crippen LogP contribution < -0.4 is 16.4 Å². The van der Waals surface area contributed by atoms with Crippen molar-refractivity contribution in [2.45, 2.75) is 39.7 Å². The fraction of sp³-hybridized carbons (Fsp3) is 0.692. The summed E-state index contributed by atoms with van der Waals surface area (Å²) in [5, 5.41) is 6.64. The summed E-state index contributed by atoms with van der Waals surface area (Å²) >= 11 is 1.28. The Kier molecular flexibility index (Phi) is 7.32. The van der Waals surface area contributed by atoms with Crippen LogP contribution in [0.1, 0.15) is 43.3 Å². The third-order valence-corrected chi connectivity index (χ3v) is 3.37. The number of hydrogen-bond donors (Lipinski definition) is 3. The number of nitrogens with two attached hydrogens (primary N) is 1. The van der Waals surface area contributed by atoms with Crippen molar-refractivity contribution in [3.05, 3.63) is 4.88 Å². The summed E-state index contributed by atoms with van der Waals surface area (Å²) in [4.78, 5) is 16.6. The van der Waals surface area contributed by atoms with E-state index < -0.39 is 0 Å². The maximum atomic E-state index is 12.0. The fourth-order valence-corrected chi connectivity index (χ4v) is 2.45. The van der Waals surface area contributed by atoms with Crippen molar-refractivity contribution >= 4 is 28.2 Å². The third kappa shape index (κ3) is 5.75. The van der Waals surface area contributed by atoms with Gasteiger partial charge in [0, 0.05) is 25.8 Å². The number of nitrogens with one attached hydrogen (secondary N) is 2. The predicted molar refractivity (Wildman–Crippen MR) is 83.3 cm³/mol. The van der Waals surface area contributed by atoms with Gasteiger partial charge in [0.05, 0.1) is 0 Å². The number of hydrogen-bond acceptors (Lipinski definition) is 6. The Morgan fingerprint density at radius 3 is 2.85 bits per heavy atom. The second kappa shape index (κ2) is 8.76. The zero-order valence-electron chi connectivity index (χ0n) is 12.4. The maximum Gasteiger partial charge on any atom is 0.265 e. The molecule has 0 aliphatic heterocycles. The van der Waals surface area contributed by atoms with Gasteiger partial charge < -0.3 is 21.1 Å². The highest BCUT2D eigenvalue weighted by Gasteiger charge is 2.15. The molecule has 1 aromatic rings. The normalized spacial score (nSPS) is 10.8. The molecule has 1 aromatic heterocycles. The molecule has 1 heterocycles. The SMILES string of the molecule is CCCOCCCNC(=O)c1sc(NC(C)C)nc1N. The van der Waals surface area contributed by atoms with E-state index in [9.17, 15) is 4.79 Å². The highest BCUT2D eigenvalue weighted by atomic mass is 32.1. The minimum Gasteiger partial charge on any atom is -0.382 e. The van der Waals surface area contributed by atoms with E-state index in [1.165, 1.54) is 11.3 Å². The highest BCUT2D eigenvalue weighted by molar-refractivity contribution is 7.18. The standard InChI is InChI=1S/C13H24N4O2S/c1-4-7-19-8-5-6-15-12(18)10-11(14)17-13(20-10)16-9(2)3/h9H,4-8,14H2,1-3H3,(H,15,18)(H,16,17). The van der Waals surface area contributed by atoms with Crippen LogP contribution in [0.2, 0.25) is 0 Å². The van der Waals surface area contributed by atoms with Gasteiger partial charge in [-0.15, -0.1) is 0 Å². The first-order valence-corrected chi connectivity index (χ1v) is 7.75. The molecule has 0 bridgehead atoms. The van der Waals surface area contributed by atoms with Gasteiger partial charge in [-0.3, -0.25) is 4.79 Å². The lowest BCUT2D eigenvalue weighted by Crippen LogP contribution is -2.25. The molecule has 0 saturated carbocycles. The largest absolute Gasteiger partial charge is 0.382 e. The number of nitrogen functional groups attached to an aromatic ring is 1. The first-order chi connectivity index (χ1) is 9.54. The lowest BCUT2D eigenvalue weighted by molar-refractivity contribution is 0.0946. The number of rotatable bonds is 9. The van der Waals surface area contributed by atoms with Gasteiger partial charge >= 0.3 is 0 Å². The van der Waals surface area contributed by atoms with Crippen molar-refractivity contribution < 1.29 is 9.53 Å². The molecule has 0 spiro atoms. The van der Waals surface area contributed by atoms with Crippen molar-refractivity contribution in [1.29, 1.82) is 0 Å². The van der Waals surface area contributed by atoms with Crippen molar-refractivity contribution in [2.24, 2.45) is 0 Å². The molecule has 1 amide bonds. The minimum absolute atomic E-state index is 0.174. The average molecular weight is 300 g/mol. The average Bonchev–Trinajstić information content (AvgIpc) is 2.73. The zero-order valence-corrected chi connectivity index (χ0v) is 13.2. The van der Waals surface area contributed by atoms with E-state index in [4.69, 9.17) is 10.5 Å². The summed E-state index contributed by atoms with van der Waals surface area (Å²) in [6.45, 7) is 8.08. The maximum absolute atomic E-state index is 12.0. The van der Waals surface area contributed by atoms with Gasteiger partial charge in [-0.1, -0.05) is 18.3 Å². The van der Waals surface area contributed by atoms with Gasteiger partial charge in [-0.2, -0.15) is 0 Å². The van der Waals surface area contributed by atoms with Crippen LogP contribution in [0.5, 0.6) is 0 Å². The molecule has 4 N–H and O–H groups in total. The van der Waals surface area contributed by atoms with E-state index in [0.29, 0.717) is 23.2 Å². The Balaban J connectivity index is 2.37. The summed E-state index contributed by atoms with van der Waals surface area (Å²) < 4.78 is 5.35. The Bertz CT molecular complexity index is 421. The van der Waals surface area contributed by atoms with Crippen LogP contribution in [0.25, 0.3) is 0 Å². The number of amides is 1. The molecule has 20 heavy (non-hydrogen) atoms. The van der Waals surface area contributed by atoms with E-state index in [0.717, 1.165) is 19.4 Å². The van der Waals surface area contributed by atoms with E-state index in [1.807, 2.05) is 13.8 Å². The van der Waals surface area contributed by atoms with Crippen LogP contribution >= 0.6 is 11.3 Å². The monoisotopic (exact) mass is 300 g/mol. The van der Waals surface area contributed by atoms with Gasteiger partial charge in [0.2, 0.25) is 0 Å². The zero-order chi connectivity index (χ0) is 15.0. The van der Waals surface area contributed by atoms with Crippen LogP contribution in [0.15, 0.2) is 0 Å². The topological polar surface area (TPSA) is 89.3 Å². The number of carbonyl (C=O) groups is 1. The Morgan fingerprint density at radius 2 is 2.20 bits per heavy atom. The highest BCUT2D eigenvalue weighted by Crippen LogP contribution is 2.25. The van der Waals surface area contributed by atoms with Gasteiger partial charge in [-0.05, 0) is 26.7 Å². The van der Waals surface area contributed by atoms with Crippen LogP contribution in [0, 0.1) is 0 Å². The van der Waals surface area contributed by atoms with Crippen molar-refractivity contribution in [1.82, 2.24) is 10.3 Å². The van der Waals surface area contributed by atoms with Gasteiger partial charge in [0.15, 0.2) is 5.13 Å². The van der Waals surface area contributed by atoms with Gasteiger partial charge in [0.25, 0.3) is 5.91 Å². The van der Waals surface area contributed by atoms with Crippen LogP contribution in [0.4, 0.5) is 10.9 Å². The van der Waals surface area contributed by atoms with Crippen molar-refractivity contribution in [3.8, 4) is 0 Å². The second-order valence-corrected chi connectivity index (χ2v) is 5.75. The van der Waals surface area contributed by atoms with Crippen LogP contribution in [0.3, 0.4) is 0 Å². The molecule has 6 nitrogen and oxygen atoms in total. The number of anilines is 2. The second-order valence-electron chi connectivity index (χ2n) is 4.75. The lowest BCUT2D eigenvalue weighted by Gasteiger charge is -2.05. The predicted octanol–water partition coefficient (Wildman–Crippen LogP) is 2.09. The first-order valence-electron chi connectivity index (χ1n) is 6.93. The molecular weight excluding hydrogens is 276 g/mol. The van der Waals surface area contributed by atoms with Crippen molar-refractivity contribution in [2.75, 3.05) is 30.8 Å². The molecule has 0 radical (unpaired) electrons. The van der Waals surface area contributed by atoms with Crippen LogP contribution in [-0.4, -0.2) is 36.7 Å². The number of nitrogens with zero attached hydrogens (tertiary/aromatic N) is 1. The molecule has 114 valence electrons. The van der Waals surface area contributed by atoms with E-state index in [-0.39, 0.29) is 17.8 Å². The number of carbonyl (C=O) groups excluding carboxylic acids is 1. The fourth-order valence-electron chi connectivity index (χ4n) is 1.51. The number of thiazole rings is 1. The molecule has 7 heteroatoms. The number of aromatic nitrogens is 1. The Labute approximate surface area is 124 Å². The third-order valence-electron chi connectivity index (χ3n) is 2.37. The molecule has 0 aromatic carbocycles. The van der Waals surface area contributed by atoms with Gasteiger partial charge in [-0.25, -0.2) is 4.98 Å². The molecule has 1 rings (SSSR count). The molecule has 0 saturated heterocycles. The van der Waals surface area contributed by atoms with E-state index in [1.54, 1.807) is 0 Å². The molecule has 0 aliphatic rings. The summed E-state index contributed by atoms with van der Waals surface area (Å²) in [5.41, 5.74) is 5.76. The number of ether oxygens (including phenoxy) is 1. The molecule has 0 aliphatic carbocycles. The lowest BCUT2D eigenvalue weighted by atomic mass is 10.4. The van der Waals surface area contributed by atoms with Gasteiger partial charge in [0.1, 0.15) is 10.7 Å². The summed E-state index contributed by atoms with van der Waals surface area (Å²) in [7, 11) is 0. The first kappa shape index (κ1) is 16.7. The minimum atomic E-state index is -0.174. The molecule has 0 fully saturated rings. The Morgan fingerprint density at radius 1 is 1.45 bits per heavy atom. The van der Waals surface area contributed by atoms with E-state index >= 15 is 0 Å². The van der Waals surface area contributed by atoms with Crippen LogP contribution in [-0.2, 0) is 4.74 Å². The quantitative estimate of drug-likeness (QED) is 0.608. The Hall–Kier alpha value is -1.34. The summed E-state index contributed by atoms with van der Waals surface area (Å²) in [5.74, 6) is 0.102. The molecular formula is C13H24N4O2S. The van der Waals surface area contributed by atoms with E-state index in [2.05, 4.69) is 22.5 Å². The summed E-state index contributed by atoms with van der Waals surface area (Å²) in [6, 6.07) is 0.257. The molecule has 0 unspecified atom stereocenters. The molecule has 0 atom stereocenters.